The Morgan fingerprint density at radius 3 is 2.12 bits per heavy atom. The summed E-state index contributed by atoms with van der Waals surface area (Å²) < 4.78 is 28.4. The van der Waals surface area contributed by atoms with Crippen LogP contribution in [0.1, 0.15) is 18.1 Å². The molecule has 10 atom stereocenters. The van der Waals surface area contributed by atoms with Gasteiger partial charge in [0.05, 0.1) is 19.3 Å². The minimum absolute atomic E-state index is 0.0489. The molecule has 4 rings (SSSR count). The Kier molecular flexibility index (Phi) is 10.9. The van der Waals surface area contributed by atoms with Gasteiger partial charge in [0.1, 0.15) is 48.1 Å². The van der Waals surface area contributed by atoms with Crippen molar-refractivity contribution in [1.29, 1.82) is 0 Å². The lowest BCUT2D eigenvalue weighted by atomic mass is 9.97. The van der Waals surface area contributed by atoms with Gasteiger partial charge < -0.3 is 59.4 Å². The Balaban J connectivity index is 1.51. The number of hydrogen-bond donors (Lipinski definition) is 7. The van der Waals surface area contributed by atoms with Gasteiger partial charge in [-0.25, -0.2) is 4.79 Å². The van der Waals surface area contributed by atoms with Gasteiger partial charge in [0.25, 0.3) is 0 Å². The van der Waals surface area contributed by atoms with Gasteiger partial charge in [0, 0.05) is 6.08 Å². The molecule has 2 aliphatic heterocycles. The molecule has 7 N–H and O–H groups in total. The van der Waals surface area contributed by atoms with Crippen molar-refractivity contribution in [3.05, 3.63) is 65.7 Å². The van der Waals surface area contributed by atoms with Crippen molar-refractivity contribution in [2.45, 2.75) is 74.8 Å². The molecule has 2 heterocycles. The zero-order chi connectivity index (χ0) is 30.4. The van der Waals surface area contributed by atoms with Crippen molar-refractivity contribution in [3.63, 3.8) is 0 Å². The molecular weight excluding hydrogens is 556 g/mol. The van der Waals surface area contributed by atoms with E-state index in [2.05, 4.69) is 0 Å². The van der Waals surface area contributed by atoms with Crippen LogP contribution in [-0.4, -0.2) is 116 Å². The first-order valence-corrected chi connectivity index (χ1v) is 13.4. The van der Waals surface area contributed by atoms with E-state index >= 15 is 0 Å². The van der Waals surface area contributed by atoms with E-state index in [0.717, 1.165) is 11.6 Å². The average molecular weight is 593 g/mol. The summed E-state index contributed by atoms with van der Waals surface area (Å²) in [5, 5.41) is 71.0. The number of phenolic OH excluding ortho intramolecular Hbond substituents is 2. The molecule has 0 unspecified atom stereocenters. The Bertz CT molecular complexity index is 1170. The highest BCUT2D eigenvalue weighted by Gasteiger charge is 2.52. The summed E-state index contributed by atoms with van der Waals surface area (Å²) >= 11 is 0. The molecule has 0 aromatic heterocycles. The summed E-state index contributed by atoms with van der Waals surface area (Å²) in [7, 11) is 0. The van der Waals surface area contributed by atoms with Gasteiger partial charge in [-0.2, -0.15) is 0 Å². The molecule has 0 amide bonds. The molecule has 42 heavy (non-hydrogen) atoms. The van der Waals surface area contributed by atoms with Crippen molar-refractivity contribution in [3.8, 4) is 11.5 Å². The second-order valence-corrected chi connectivity index (χ2v) is 10.1. The quantitative estimate of drug-likeness (QED) is 0.138. The molecular formula is C29H36O13. The molecule has 0 spiro atoms. The third-order valence-corrected chi connectivity index (χ3v) is 7.06. The summed E-state index contributed by atoms with van der Waals surface area (Å²) in [6.45, 7) is 0.839. The van der Waals surface area contributed by atoms with Crippen LogP contribution in [0.3, 0.4) is 0 Å². The number of hydrogen-bond acceptors (Lipinski definition) is 13. The lowest BCUT2D eigenvalue weighted by Gasteiger charge is -2.46. The molecule has 0 bridgehead atoms. The maximum absolute atomic E-state index is 12.8. The van der Waals surface area contributed by atoms with Crippen LogP contribution in [0.25, 0.3) is 6.08 Å². The Morgan fingerprint density at radius 2 is 1.48 bits per heavy atom. The van der Waals surface area contributed by atoms with Gasteiger partial charge in [0.2, 0.25) is 0 Å². The van der Waals surface area contributed by atoms with E-state index in [0.29, 0.717) is 12.0 Å². The van der Waals surface area contributed by atoms with Crippen LogP contribution in [-0.2, 0) is 34.9 Å². The molecule has 2 saturated heterocycles. The summed E-state index contributed by atoms with van der Waals surface area (Å²) in [4.78, 5) is 12.8. The largest absolute Gasteiger partial charge is 0.508 e. The van der Waals surface area contributed by atoms with Crippen LogP contribution in [0, 0.1) is 0 Å². The topological polar surface area (TPSA) is 205 Å². The van der Waals surface area contributed by atoms with Gasteiger partial charge in [-0.15, -0.1) is 0 Å². The monoisotopic (exact) mass is 592 g/mol. The minimum atomic E-state index is -1.72. The molecule has 2 fully saturated rings. The third kappa shape index (κ3) is 7.83. The van der Waals surface area contributed by atoms with Crippen LogP contribution in [0.5, 0.6) is 11.5 Å². The summed E-state index contributed by atoms with van der Waals surface area (Å²) in [6, 6.07) is 12.4. The first kappa shape index (κ1) is 31.8. The van der Waals surface area contributed by atoms with Crippen molar-refractivity contribution in [2.75, 3.05) is 13.2 Å². The Labute approximate surface area is 241 Å². The normalized spacial score (nSPS) is 33.5. The highest BCUT2D eigenvalue weighted by Crippen LogP contribution is 2.31. The standard InChI is InChI=1S/C29H36O13/c1-15-22(34)23(35)24(36)29(39-15)42-27-25(37)28(38-13-12-17-4-9-19(32)10-5-17)40-20(14-30)26(27)41-21(33)11-6-16-2-7-18(31)8-3-16/h2-11,15,20,22-32,34-37H,12-14H2,1H3/t15-,20-,22-,23-,24+,25-,26-,27+,28+,29+/m0/s1. The number of aromatic hydroxyl groups is 2. The molecule has 13 heteroatoms. The van der Waals surface area contributed by atoms with Crippen LogP contribution in [0.4, 0.5) is 0 Å². The molecule has 230 valence electrons. The number of aliphatic hydroxyl groups is 5. The van der Waals surface area contributed by atoms with E-state index in [1.165, 1.54) is 37.3 Å². The fourth-order valence-corrected chi connectivity index (χ4v) is 4.64. The second-order valence-electron chi connectivity index (χ2n) is 10.1. The molecule has 2 aromatic rings. The fourth-order valence-electron chi connectivity index (χ4n) is 4.64. The van der Waals surface area contributed by atoms with Gasteiger partial charge in [-0.1, -0.05) is 24.3 Å². The SMILES string of the molecule is C[C@@H]1O[C@H](O[C@@H]2[C@H](O)[C@H](OCCc3ccc(O)cc3)O[C@@H](CO)[C@@H]2OC(=O)C=Cc2ccc(O)cc2)[C@H](O)[C@@H](O)[C@H]1O. The number of rotatable bonds is 10. The van der Waals surface area contributed by atoms with Crippen molar-refractivity contribution in [2.24, 2.45) is 0 Å². The highest BCUT2D eigenvalue weighted by atomic mass is 16.7. The van der Waals surface area contributed by atoms with Crippen molar-refractivity contribution < 1.29 is 64.2 Å². The van der Waals surface area contributed by atoms with E-state index in [4.69, 9.17) is 23.7 Å². The highest BCUT2D eigenvalue weighted by molar-refractivity contribution is 5.87. The van der Waals surface area contributed by atoms with Gasteiger partial charge >= 0.3 is 5.97 Å². The van der Waals surface area contributed by atoms with Crippen LogP contribution in [0.15, 0.2) is 54.6 Å². The molecule has 0 radical (unpaired) electrons. The van der Waals surface area contributed by atoms with Gasteiger partial charge in [0.15, 0.2) is 18.7 Å². The zero-order valence-electron chi connectivity index (χ0n) is 22.7. The Morgan fingerprint density at radius 1 is 0.833 bits per heavy atom. The van der Waals surface area contributed by atoms with E-state index in [9.17, 15) is 40.5 Å². The number of phenols is 2. The number of ether oxygens (including phenoxy) is 5. The maximum Gasteiger partial charge on any atom is 0.331 e. The average Bonchev–Trinajstić information content (AvgIpc) is 2.98. The summed E-state index contributed by atoms with van der Waals surface area (Å²) in [5.41, 5.74) is 1.41. The minimum Gasteiger partial charge on any atom is -0.508 e. The summed E-state index contributed by atoms with van der Waals surface area (Å²) in [6.07, 6.45) is -11.5. The number of esters is 1. The Hall–Kier alpha value is -3.11. The van der Waals surface area contributed by atoms with Crippen LogP contribution in [0.2, 0.25) is 0 Å². The van der Waals surface area contributed by atoms with E-state index in [1.807, 2.05) is 0 Å². The maximum atomic E-state index is 12.8. The molecule has 0 saturated carbocycles. The first-order chi connectivity index (χ1) is 20.1. The van der Waals surface area contributed by atoms with Gasteiger partial charge in [-0.3, -0.25) is 0 Å². The van der Waals surface area contributed by atoms with Crippen molar-refractivity contribution in [1.82, 2.24) is 0 Å². The number of carbonyl (C=O) groups is 1. The number of carbonyl (C=O) groups excluding carboxylic acids is 1. The molecule has 2 aliphatic rings. The van der Waals surface area contributed by atoms with E-state index in [1.54, 1.807) is 24.3 Å². The first-order valence-electron chi connectivity index (χ1n) is 13.4. The number of aliphatic hydroxyl groups excluding tert-OH is 5. The molecule has 0 aliphatic carbocycles. The van der Waals surface area contributed by atoms with E-state index in [-0.39, 0.29) is 18.1 Å². The smallest absolute Gasteiger partial charge is 0.331 e. The lowest BCUT2D eigenvalue weighted by Crippen LogP contribution is -2.65. The fraction of sp³-hybridized carbons (Fsp3) is 0.483. The second kappa shape index (κ2) is 14.4. The van der Waals surface area contributed by atoms with Gasteiger partial charge in [-0.05, 0) is 54.8 Å². The van der Waals surface area contributed by atoms with Crippen molar-refractivity contribution >= 4 is 12.0 Å². The van der Waals surface area contributed by atoms with E-state index < -0.39 is 74.0 Å². The van der Waals surface area contributed by atoms with Crippen LogP contribution >= 0.6 is 0 Å². The zero-order valence-corrected chi connectivity index (χ0v) is 22.7. The third-order valence-electron chi connectivity index (χ3n) is 7.06. The number of benzene rings is 2. The lowest BCUT2D eigenvalue weighted by molar-refractivity contribution is -0.357. The molecule has 2 aromatic carbocycles. The molecule has 13 nitrogen and oxygen atoms in total. The van der Waals surface area contributed by atoms with Crippen LogP contribution < -0.4 is 0 Å². The predicted molar refractivity (Wildman–Crippen MR) is 144 cm³/mol. The predicted octanol–water partition coefficient (Wildman–Crippen LogP) is -0.427. The summed E-state index contributed by atoms with van der Waals surface area (Å²) in [5.74, 6) is -0.724.